The molecule has 2 rings (SSSR count). The fourth-order valence-electron chi connectivity index (χ4n) is 1.69. The van der Waals surface area contributed by atoms with Gasteiger partial charge in [-0.25, -0.2) is 14.6 Å². The lowest BCUT2D eigenvalue weighted by Gasteiger charge is -2.08. The third-order valence-corrected chi connectivity index (χ3v) is 2.61. The Morgan fingerprint density at radius 1 is 1.16 bits per heavy atom. The second-order valence-electron chi connectivity index (χ2n) is 3.83. The topological polar surface area (TPSA) is 75.3 Å². The molecule has 0 bridgehead atoms. The molecule has 19 heavy (non-hydrogen) atoms. The van der Waals surface area contributed by atoms with Crippen LogP contribution < -0.4 is 11.3 Å². The Morgan fingerprint density at radius 3 is 2.53 bits per heavy atom. The summed E-state index contributed by atoms with van der Waals surface area (Å²) in [5, 5.41) is 9.53. The molecule has 0 unspecified atom stereocenters. The van der Waals surface area contributed by atoms with Gasteiger partial charge in [-0.3, -0.25) is 10.2 Å². The fraction of sp³-hybridized carbons (Fsp3) is 0. The van der Waals surface area contributed by atoms with Crippen molar-refractivity contribution in [2.45, 2.75) is 0 Å². The van der Waals surface area contributed by atoms with Crippen LogP contribution in [-0.2, 0) is 0 Å². The molecular weight excluding hydrogens is 254 g/mol. The number of carbonyl (C=O) groups excluding carboxylic acids is 1. The number of hydrogen-bond acceptors (Lipinski definition) is 3. The number of phenolic OH excluding ortho intramolecular Hbond substituents is 1. The summed E-state index contributed by atoms with van der Waals surface area (Å²) in [4.78, 5) is 11.4. The first-order chi connectivity index (χ1) is 9.02. The van der Waals surface area contributed by atoms with Crippen molar-refractivity contribution < 1.29 is 18.7 Å². The van der Waals surface area contributed by atoms with Gasteiger partial charge in [-0.1, -0.05) is 6.07 Å². The van der Waals surface area contributed by atoms with Crippen molar-refractivity contribution in [3.63, 3.8) is 0 Å². The zero-order chi connectivity index (χ0) is 14.0. The van der Waals surface area contributed by atoms with E-state index in [1.165, 1.54) is 24.3 Å². The molecule has 0 saturated heterocycles. The van der Waals surface area contributed by atoms with E-state index in [9.17, 15) is 18.7 Å². The normalized spacial score (nSPS) is 10.3. The number of rotatable bonds is 2. The Hall–Kier alpha value is -2.47. The van der Waals surface area contributed by atoms with Gasteiger partial charge in [0.25, 0.3) is 5.91 Å². The molecule has 4 N–H and O–H groups in total. The molecule has 0 saturated carbocycles. The third-order valence-electron chi connectivity index (χ3n) is 2.61. The average molecular weight is 264 g/mol. The molecule has 0 aliphatic rings. The van der Waals surface area contributed by atoms with Gasteiger partial charge in [0.15, 0.2) is 0 Å². The van der Waals surface area contributed by atoms with E-state index in [1.807, 2.05) is 5.43 Å². The predicted molar refractivity (Wildman–Crippen MR) is 65.1 cm³/mol. The number of carbonyl (C=O) groups is 1. The molecule has 1 amide bonds. The number of amides is 1. The van der Waals surface area contributed by atoms with Crippen LogP contribution in [0.25, 0.3) is 11.1 Å². The monoisotopic (exact) mass is 264 g/mol. The van der Waals surface area contributed by atoms with Crippen LogP contribution in [-0.4, -0.2) is 11.0 Å². The highest BCUT2D eigenvalue weighted by Gasteiger charge is 2.13. The Morgan fingerprint density at radius 2 is 1.89 bits per heavy atom. The van der Waals surface area contributed by atoms with Crippen LogP contribution in [0.2, 0.25) is 0 Å². The predicted octanol–water partition coefficient (Wildman–Crippen LogP) is 1.94. The summed E-state index contributed by atoms with van der Waals surface area (Å²) in [6.45, 7) is 0. The number of benzene rings is 2. The molecule has 0 aromatic heterocycles. The van der Waals surface area contributed by atoms with E-state index in [0.29, 0.717) is 5.56 Å². The van der Waals surface area contributed by atoms with Gasteiger partial charge in [0.1, 0.15) is 17.4 Å². The molecular formula is C13H10F2N2O2. The second kappa shape index (κ2) is 5.03. The number of aromatic hydroxyl groups is 1. The minimum absolute atomic E-state index is 0.0938. The molecule has 0 spiro atoms. The summed E-state index contributed by atoms with van der Waals surface area (Å²) >= 11 is 0. The highest BCUT2D eigenvalue weighted by molar-refractivity contribution is 5.97. The van der Waals surface area contributed by atoms with E-state index in [4.69, 9.17) is 5.84 Å². The average Bonchev–Trinajstić information content (AvgIpc) is 2.39. The van der Waals surface area contributed by atoms with Gasteiger partial charge in [0.05, 0.1) is 5.56 Å². The molecule has 0 fully saturated rings. The van der Waals surface area contributed by atoms with Crippen molar-refractivity contribution in [1.82, 2.24) is 5.43 Å². The smallest absolute Gasteiger partial charge is 0.268 e. The molecule has 98 valence electrons. The molecule has 0 aliphatic carbocycles. The Labute approximate surface area is 107 Å². The van der Waals surface area contributed by atoms with Crippen LogP contribution >= 0.6 is 0 Å². The van der Waals surface area contributed by atoms with Crippen molar-refractivity contribution >= 4 is 5.91 Å². The molecule has 0 atom stereocenters. The third kappa shape index (κ3) is 2.53. The minimum atomic E-state index is -0.759. The fourth-order valence-corrected chi connectivity index (χ4v) is 1.69. The van der Waals surface area contributed by atoms with Crippen LogP contribution in [0, 0.1) is 11.6 Å². The quantitative estimate of drug-likeness (QED) is 0.441. The zero-order valence-corrected chi connectivity index (χ0v) is 9.65. The summed E-state index contributed by atoms with van der Waals surface area (Å²) in [6, 6.07) is 7.02. The van der Waals surface area contributed by atoms with Gasteiger partial charge in [-0.05, 0) is 29.8 Å². The maximum absolute atomic E-state index is 13.6. The minimum Gasteiger partial charge on any atom is -0.507 e. The van der Waals surface area contributed by atoms with E-state index in [2.05, 4.69) is 0 Å². The molecule has 4 nitrogen and oxygen atoms in total. The molecule has 2 aromatic carbocycles. The summed E-state index contributed by atoms with van der Waals surface area (Å²) in [5.41, 5.74) is 2.22. The van der Waals surface area contributed by atoms with Gasteiger partial charge in [-0.15, -0.1) is 0 Å². The second-order valence-corrected chi connectivity index (χ2v) is 3.83. The molecule has 0 heterocycles. The van der Waals surface area contributed by atoms with E-state index >= 15 is 0 Å². The lowest BCUT2D eigenvalue weighted by Crippen LogP contribution is -2.30. The number of halogens is 2. The summed E-state index contributed by atoms with van der Waals surface area (Å²) in [7, 11) is 0. The van der Waals surface area contributed by atoms with E-state index in [1.54, 1.807) is 0 Å². The lowest BCUT2D eigenvalue weighted by molar-refractivity contribution is 0.0951. The van der Waals surface area contributed by atoms with Crippen molar-refractivity contribution in [2.24, 2.45) is 5.84 Å². The molecule has 6 heteroatoms. The Bertz CT molecular complexity index is 645. The van der Waals surface area contributed by atoms with E-state index in [-0.39, 0.29) is 16.9 Å². The molecule has 2 aromatic rings. The summed E-state index contributed by atoms with van der Waals surface area (Å²) in [5.74, 6) is 2.53. The maximum Gasteiger partial charge on any atom is 0.268 e. The van der Waals surface area contributed by atoms with Gasteiger partial charge >= 0.3 is 0 Å². The molecule has 0 radical (unpaired) electrons. The first-order valence-corrected chi connectivity index (χ1v) is 5.32. The number of phenols is 1. The van der Waals surface area contributed by atoms with Crippen LogP contribution in [0.15, 0.2) is 36.4 Å². The van der Waals surface area contributed by atoms with Gasteiger partial charge in [0, 0.05) is 11.6 Å². The number of hydrogen-bond donors (Lipinski definition) is 3. The first kappa shape index (κ1) is 13.0. The number of nitrogens with two attached hydrogens (primary N) is 1. The van der Waals surface area contributed by atoms with E-state index in [0.717, 1.165) is 12.1 Å². The van der Waals surface area contributed by atoms with Gasteiger partial charge in [0.2, 0.25) is 0 Å². The Balaban J connectivity index is 2.54. The van der Waals surface area contributed by atoms with Crippen molar-refractivity contribution in [1.29, 1.82) is 0 Å². The van der Waals surface area contributed by atoms with Gasteiger partial charge in [-0.2, -0.15) is 0 Å². The van der Waals surface area contributed by atoms with Crippen LogP contribution in [0.1, 0.15) is 10.4 Å². The van der Waals surface area contributed by atoms with Crippen molar-refractivity contribution in [2.75, 3.05) is 0 Å². The number of nitrogens with one attached hydrogen (secondary N) is 1. The van der Waals surface area contributed by atoms with Gasteiger partial charge < -0.3 is 5.11 Å². The van der Waals surface area contributed by atoms with Crippen molar-refractivity contribution in [3.8, 4) is 16.9 Å². The summed E-state index contributed by atoms with van der Waals surface area (Å²) < 4.78 is 26.5. The highest BCUT2D eigenvalue weighted by Crippen LogP contribution is 2.28. The zero-order valence-electron chi connectivity index (χ0n) is 9.65. The standard InChI is InChI=1S/C13H10F2N2O2/c14-8-2-3-9(11(15)6-8)7-1-4-12(18)10(5-7)13(19)17-16/h1-6,18H,16H2,(H,17,19). The summed E-state index contributed by atoms with van der Waals surface area (Å²) in [6.07, 6.45) is 0. The first-order valence-electron chi connectivity index (χ1n) is 5.32. The van der Waals surface area contributed by atoms with Crippen LogP contribution in [0.5, 0.6) is 5.75 Å². The highest BCUT2D eigenvalue weighted by atomic mass is 19.1. The van der Waals surface area contributed by atoms with E-state index < -0.39 is 17.5 Å². The SMILES string of the molecule is NNC(=O)c1cc(-c2ccc(F)cc2F)ccc1O. The van der Waals surface area contributed by atoms with Crippen LogP contribution in [0.4, 0.5) is 8.78 Å². The number of hydrazine groups is 1. The lowest BCUT2D eigenvalue weighted by atomic mass is 10.0. The molecule has 0 aliphatic heterocycles. The van der Waals surface area contributed by atoms with Crippen molar-refractivity contribution in [3.05, 3.63) is 53.6 Å². The Kier molecular flexibility index (Phi) is 3.43. The largest absolute Gasteiger partial charge is 0.507 e. The van der Waals surface area contributed by atoms with Crippen LogP contribution in [0.3, 0.4) is 0 Å². The number of nitrogen functional groups attached to an aromatic ring is 1. The maximum atomic E-state index is 13.6.